The van der Waals surface area contributed by atoms with E-state index in [-0.39, 0.29) is 0 Å². The van der Waals surface area contributed by atoms with Crippen LogP contribution in [0.2, 0.25) is 0 Å². The molecule has 2 aromatic rings. The highest BCUT2D eigenvalue weighted by atomic mass is 79.9. The Balaban J connectivity index is 2.49. The lowest BCUT2D eigenvalue weighted by molar-refractivity contribution is 0.213. The number of nitrogens with zero attached hydrogens (tertiary/aromatic N) is 1. The number of benzene rings is 1. The summed E-state index contributed by atoms with van der Waals surface area (Å²) >= 11 is 4.63. The lowest BCUT2D eigenvalue weighted by Gasteiger charge is -2.16. The van der Waals surface area contributed by atoms with Crippen LogP contribution in [0.1, 0.15) is 16.7 Å². The van der Waals surface area contributed by atoms with Gasteiger partial charge >= 0.3 is 0 Å². The van der Waals surface area contributed by atoms with Gasteiger partial charge in [-0.1, -0.05) is 0 Å². The molecule has 0 fully saturated rings. The Morgan fingerprint density at radius 3 is 2.20 bits per heavy atom. The zero-order chi connectivity index (χ0) is 14.7. The second-order valence-corrected chi connectivity index (χ2v) is 5.56. The standard InChI is InChI=1S/C13H14BrNO4S/c1-17-8-5-10(19-3)9(18-2)4-7(8)12(16)13-15-11(14)6-20-13/h4-6,12,16H,1-3H3. The summed E-state index contributed by atoms with van der Waals surface area (Å²) in [5.74, 6) is 1.58. The van der Waals surface area contributed by atoms with E-state index in [1.54, 1.807) is 26.4 Å². The van der Waals surface area contributed by atoms with Crippen molar-refractivity contribution in [1.82, 2.24) is 4.98 Å². The Bertz CT molecular complexity index is 602. The van der Waals surface area contributed by atoms with Crippen LogP contribution in [0.4, 0.5) is 0 Å². The molecule has 0 saturated carbocycles. The van der Waals surface area contributed by atoms with Crippen LogP contribution in [0.3, 0.4) is 0 Å². The number of aliphatic hydroxyl groups is 1. The number of rotatable bonds is 5. The van der Waals surface area contributed by atoms with E-state index in [4.69, 9.17) is 14.2 Å². The van der Waals surface area contributed by atoms with Crippen molar-refractivity contribution in [1.29, 1.82) is 0 Å². The summed E-state index contributed by atoms with van der Waals surface area (Å²) in [7, 11) is 4.63. The molecule has 1 atom stereocenters. The predicted octanol–water partition coefficient (Wildman–Crippen LogP) is 3.01. The van der Waals surface area contributed by atoms with Gasteiger partial charge in [0.2, 0.25) is 0 Å². The fraction of sp³-hybridized carbons (Fsp3) is 0.308. The van der Waals surface area contributed by atoms with Crippen molar-refractivity contribution < 1.29 is 19.3 Å². The molecule has 0 aliphatic rings. The quantitative estimate of drug-likeness (QED) is 0.888. The van der Waals surface area contributed by atoms with Gasteiger partial charge in [0.1, 0.15) is 21.5 Å². The molecule has 0 bridgehead atoms. The van der Waals surface area contributed by atoms with Crippen LogP contribution in [-0.4, -0.2) is 31.4 Å². The van der Waals surface area contributed by atoms with Crippen LogP contribution >= 0.6 is 27.3 Å². The summed E-state index contributed by atoms with van der Waals surface area (Å²) < 4.78 is 16.5. The minimum absolute atomic E-state index is 0.515. The summed E-state index contributed by atoms with van der Waals surface area (Å²) in [6, 6.07) is 3.37. The zero-order valence-corrected chi connectivity index (χ0v) is 13.6. The van der Waals surface area contributed by atoms with Crippen molar-refractivity contribution in [3.63, 3.8) is 0 Å². The van der Waals surface area contributed by atoms with E-state index < -0.39 is 6.10 Å². The molecule has 1 heterocycles. The number of aromatic nitrogens is 1. The summed E-state index contributed by atoms with van der Waals surface area (Å²) in [4.78, 5) is 4.22. The number of thiazole rings is 1. The Labute approximate surface area is 129 Å². The molecule has 0 amide bonds. The molecule has 0 saturated heterocycles. The minimum Gasteiger partial charge on any atom is -0.496 e. The average Bonchev–Trinajstić information content (AvgIpc) is 2.91. The third kappa shape index (κ3) is 2.89. The molecule has 1 aromatic heterocycles. The maximum absolute atomic E-state index is 10.5. The topological polar surface area (TPSA) is 60.8 Å². The van der Waals surface area contributed by atoms with E-state index in [1.165, 1.54) is 18.4 Å². The summed E-state index contributed by atoms with van der Waals surface area (Å²) in [6.45, 7) is 0. The van der Waals surface area contributed by atoms with E-state index in [1.807, 2.05) is 5.38 Å². The second-order valence-electron chi connectivity index (χ2n) is 3.86. The lowest BCUT2D eigenvalue weighted by atomic mass is 10.1. The van der Waals surface area contributed by atoms with Gasteiger partial charge in [-0.15, -0.1) is 11.3 Å². The van der Waals surface area contributed by atoms with Crippen LogP contribution in [-0.2, 0) is 0 Å². The number of halogens is 1. The Morgan fingerprint density at radius 2 is 1.70 bits per heavy atom. The Kier molecular flexibility index (Phi) is 4.85. The number of ether oxygens (including phenoxy) is 3. The molecule has 1 unspecified atom stereocenters. The van der Waals surface area contributed by atoms with Gasteiger partial charge in [-0.3, -0.25) is 0 Å². The van der Waals surface area contributed by atoms with Gasteiger partial charge in [0.25, 0.3) is 0 Å². The van der Waals surface area contributed by atoms with E-state index in [0.717, 1.165) is 0 Å². The van der Waals surface area contributed by atoms with E-state index in [0.29, 0.717) is 32.4 Å². The second kappa shape index (κ2) is 6.43. The molecular weight excluding hydrogens is 346 g/mol. The Hall–Kier alpha value is -1.31. The van der Waals surface area contributed by atoms with Crippen LogP contribution in [0.15, 0.2) is 22.1 Å². The molecule has 2 rings (SSSR count). The van der Waals surface area contributed by atoms with E-state index in [2.05, 4.69) is 20.9 Å². The van der Waals surface area contributed by atoms with Gasteiger partial charge < -0.3 is 19.3 Å². The summed E-state index contributed by atoms with van der Waals surface area (Å²) in [5.41, 5.74) is 0.576. The zero-order valence-electron chi connectivity index (χ0n) is 11.2. The first kappa shape index (κ1) is 15.1. The van der Waals surface area contributed by atoms with Crippen LogP contribution in [0, 0.1) is 0 Å². The first-order valence-electron chi connectivity index (χ1n) is 5.69. The van der Waals surface area contributed by atoms with Gasteiger partial charge in [-0.2, -0.15) is 0 Å². The molecular formula is C13H14BrNO4S. The Morgan fingerprint density at radius 1 is 1.10 bits per heavy atom. The van der Waals surface area contributed by atoms with E-state index in [9.17, 15) is 5.11 Å². The van der Waals surface area contributed by atoms with Crippen molar-refractivity contribution in [3.05, 3.63) is 32.7 Å². The molecule has 0 aliphatic carbocycles. The highest BCUT2D eigenvalue weighted by Gasteiger charge is 2.21. The van der Waals surface area contributed by atoms with Gasteiger partial charge in [0.15, 0.2) is 11.5 Å². The van der Waals surface area contributed by atoms with Crippen molar-refractivity contribution in [2.45, 2.75) is 6.10 Å². The molecule has 0 radical (unpaired) electrons. The molecule has 7 heteroatoms. The van der Waals surface area contributed by atoms with Crippen molar-refractivity contribution >= 4 is 27.3 Å². The summed E-state index contributed by atoms with van der Waals surface area (Å²) in [5, 5.41) is 12.8. The van der Waals surface area contributed by atoms with Gasteiger partial charge in [-0.25, -0.2) is 4.98 Å². The van der Waals surface area contributed by atoms with Crippen LogP contribution in [0.5, 0.6) is 17.2 Å². The third-order valence-corrected chi connectivity index (χ3v) is 4.36. The van der Waals surface area contributed by atoms with Crippen LogP contribution in [0.25, 0.3) is 0 Å². The molecule has 108 valence electrons. The molecule has 20 heavy (non-hydrogen) atoms. The molecule has 1 N–H and O–H groups in total. The fourth-order valence-electron chi connectivity index (χ4n) is 1.79. The first-order chi connectivity index (χ1) is 9.60. The molecule has 0 spiro atoms. The normalized spacial score (nSPS) is 12.1. The van der Waals surface area contributed by atoms with Crippen molar-refractivity contribution in [3.8, 4) is 17.2 Å². The fourth-order valence-corrected chi connectivity index (χ4v) is 3.06. The number of aliphatic hydroxyl groups excluding tert-OH is 1. The monoisotopic (exact) mass is 359 g/mol. The SMILES string of the molecule is COc1cc(OC)c(C(O)c2nc(Br)cs2)cc1OC. The third-order valence-electron chi connectivity index (χ3n) is 2.76. The first-order valence-corrected chi connectivity index (χ1v) is 7.36. The van der Waals surface area contributed by atoms with Crippen molar-refractivity contribution in [2.24, 2.45) is 0 Å². The molecule has 5 nitrogen and oxygen atoms in total. The number of methoxy groups -OCH3 is 3. The van der Waals surface area contributed by atoms with Crippen molar-refractivity contribution in [2.75, 3.05) is 21.3 Å². The predicted molar refractivity (Wildman–Crippen MR) is 80.0 cm³/mol. The van der Waals surface area contributed by atoms with Gasteiger partial charge in [0.05, 0.1) is 21.3 Å². The van der Waals surface area contributed by atoms with Crippen LogP contribution < -0.4 is 14.2 Å². The average molecular weight is 360 g/mol. The number of hydrogen-bond acceptors (Lipinski definition) is 6. The van der Waals surface area contributed by atoms with Gasteiger partial charge in [0, 0.05) is 17.0 Å². The molecule has 1 aromatic carbocycles. The largest absolute Gasteiger partial charge is 0.496 e. The smallest absolute Gasteiger partial charge is 0.164 e. The minimum atomic E-state index is -0.888. The highest BCUT2D eigenvalue weighted by molar-refractivity contribution is 9.10. The lowest BCUT2D eigenvalue weighted by Crippen LogP contribution is -2.04. The van der Waals surface area contributed by atoms with Gasteiger partial charge in [-0.05, 0) is 22.0 Å². The maximum atomic E-state index is 10.5. The summed E-state index contributed by atoms with van der Waals surface area (Å²) in [6.07, 6.45) is -0.888. The maximum Gasteiger partial charge on any atom is 0.164 e. The van der Waals surface area contributed by atoms with E-state index >= 15 is 0 Å². The highest BCUT2D eigenvalue weighted by Crippen LogP contribution is 2.40. The number of hydrogen-bond donors (Lipinski definition) is 1. The molecule has 0 aliphatic heterocycles.